The Kier molecular flexibility index (Phi) is 8.88. The highest BCUT2D eigenvalue weighted by Crippen LogP contribution is 2.29. The van der Waals surface area contributed by atoms with E-state index in [1.54, 1.807) is 13.8 Å². The lowest BCUT2D eigenvalue weighted by Gasteiger charge is -2.12. The number of nitrogens with zero attached hydrogens (tertiary/aromatic N) is 3. The van der Waals surface area contributed by atoms with Gasteiger partial charge in [0.15, 0.2) is 0 Å². The van der Waals surface area contributed by atoms with Gasteiger partial charge in [0.1, 0.15) is 22.9 Å². The molecule has 0 bridgehead atoms. The minimum Gasteiger partial charge on any atom is -0.316 e. The molecule has 0 aliphatic heterocycles. The molecule has 0 saturated carbocycles. The van der Waals surface area contributed by atoms with E-state index in [2.05, 4.69) is 16.0 Å². The van der Waals surface area contributed by atoms with Crippen LogP contribution in [-0.2, 0) is 0 Å². The fourth-order valence-corrected chi connectivity index (χ4v) is 4.16. The third-order valence-corrected chi connectivity index (χ3v) is 6.32. The van der Waals surface area contributed by atoms with Gasteiger partial charge in [-0.05, 0) is 67.4 Å². The van der Waals surface area contributed by atoms with Gasteiger partial charge >= 0.3 is 0 Å². The van der Waals surface area contributed by atoms with Crippen molar-refractivity contribution in [1.82, 2.24) is 0 Å². The molecule has 0 aliphatic carbocycles. The topological polar surface area (TPSA) is 217 Å². The second-order valence-electron chi connectivity index (χ2n) is 9.64. The zero-order valence-electron chi connectivity index (χ0n) is 23.3. The van der Waals surface area contributed by atoms with E-state index in [-0.39, 0.29) is 28.1 Å². The van der Waals surface area contributed by atoms with Crippen molar-refractivity contribution in [2.45, 2.75) is 13.8 Å². The molecule has 4 rings (SSSR count). The summed E-state index contributed by atoms with van der Waals surface area (Å²) < 4.78 is 13.6. The van der Waals surface area contributed by atoms with Crippen molar-refractivity contribution >= 4 is 51.8 Å². The molecule has 15 nitrogen and oxygen atoms in total. The number of nitro groups is 3. The number of amides is 3. The van der Waals surface area contributed by atoms with E-state index in [1.165, 1.54) is 36.4 Å². The molecule has 4 aromatic carbocycles. The molecule has 3 N–H and O–H groups in total. The normalized spacial score (nSPS) is 10.5. The van der Waals surface area contributed by atoms with Crippen molar-refractivity contribution in [2.24, 2.45) is 0 Å². The average molecular weight is 617 g/mol. The number of rotatable bonds is 9. The van der Waals surface area contributed by atoms with Gasteiger partial charge in [0.05, 0.1) is 20.8 Å². The molecule has 0 unspecified atom stereocenters. The van der Waals surface area contributed by atoms with Gasteiger partial charge in [-0.25, -0.2) is 4.39 Å². The van der Waals surface area contributed by atoms with Gasteiger partial charge in [0.25, 0.3) is 34.8 Å². The van der Waals surface area contributed by atoms with E-state index in [9.17, 15) is 49.1 Å². The lowest BCUT2D eigenvalue weighted by Crippen LogP contribution is -2.20. The van der Waals surface area contributed by atoms with Crippen molar-refractivity contribution < 1.29 is 33.5 Å². The van der Waals surface area contributed by atoms with Crippen LogP contribution in [0.1, 0.15) is 42.2 Å². The summed E-state index contributed by atoms with van der Waals surface area (Å²) in [6, 6.07) is 13.5. The molecule has 0 radical (unpaired) electrons. The van der Waals surface area contributed by atoms with E-state index in [0.29, 0.717) is 17.2 Å². The number of nitrogens with one attached hydrogen (secondary N) is 3. The summed E-state index contributed by atoms with van der Waals surface area (Å²) in [7, 11) is 0. The van der Waals surface area contributed by atoms with Crippen LogP contribution in [0.3, 0.4) is 0 Å². The SMILES string of the molecule is Cc1ccc(NC(=O)c2cc(C(=O)Nc3ccc(C)cc3[N+](=O)[O-])cc(C(=O)Nc3ccc(F)cc3[N+](=O)[O-])c2)c([N+](=O)[O-])c1. The molecule has 0 atom stereocenters. The smallest absolute Gasteiger partial charge is 0.295 e. The summed E-state index contributed by atoms with van der Waals surface area (Å²) in [6.45, 7) is 3.21. The Hall–Kier alpha value is -6.58. The molecule has 0 fully saturated rings. The molecule has 0 spiro atoms. The average Bonchev–Trinajstić information content (AvgIpc) is 2.99. The van der Waals surface area contributed by atoms with E-state index in [0.717, 1.165) is 30.3 Å². The van der Waals surface area contributed by atoms with Crippen LogP contribution in [0, 0.1) is 50.0 Å². The molecule has 0 aromatic heterocycles. The Morgan fingerprint density at radius 3 is 1.18 bits per heavy atom. The summed E-state index contributed by atoms with van der Waals surface area (Å²) in [5.74, 6) is -3.93. The quantitative estimate of drug-likeness (QED) is 0.150. The Labute approximate surface area is 252 Å². The molecule has 4 aromatic rings. The van der Waals surface area contributed by atoms with Gasteiger partial charge in [-0.15, -0.1) is 0 Å². The maximum absolute atomic E-state index is 13.6. The molecule has 0 heterocycles. The fraction of sp³-hybridized carbons (Fsp3) is 0.0690. The third kappa shape index (κ3) is 7.26. The number of hydrogen-bond acceptors (Lipinski definition) is 9. The molecular formula is C29H21FN6O9. The summed E-state index contributed by atoms with van der Waals surface area (Å²) in [5, 5.41) is 41.5. The van der Waals surface area contributed by atoms with E-state index in [4.69, 9.17) is 0 Å². The van der Waals surface area contributed by atoms with Crippen LogP contribution >= 0.6 is 0 Å². The van der Waals surface area contributed by atoms with Crippen molar-refractivity contribution in [2.75, 3.05) is 16.0 Å². The second kappa shape index (κ2) is 12.7. The van der Waals surface area contributed by atoms with Crippen LogP contribution in [0.15, 0.2) is 72.8 Å². The number of benzene rings is 4. The minimum absolute atomic E-state index is 0.186. The lowest BCUT2D eigenvalue weighted by atomic mass is 10.0. The number of hydrogen-bond donors (Lipinski definition) is 3. The van der Waals surface area contributed by atoms with Crippen molar-refractivity contribution in [3.05, 3.63) is 137 Å². The van der Waals surface area contributed by atoms with E-state index < -0.39 is 61.1 Å². The monoisotopic (exact) mass is 616 g/mol. The summed E-state index contributed by atoms with van der Waals surface area (Å²) in [4.78, 5) is 72.0. The number of carbonyl (C=O) groups excluding carboxylic acids is 3. The highest BCUT2D eigenvalue weighted by atomic mass is 19.1. The zero-order valence-corrected chi connectivity index (χ0v) is 23.3. The largest absolute Gasteiger partial charge is 0.316 e. The molecule has 228 valence electrons. The van der Waals surface area contributed by atoms with Crippen LogP contribution in [0.25, 0.3) is 0 Å². The van der Waals surface area contributed by atoms with Gasteiger partial charge in [-0.3, -0.25) is 44.7 Å². The number of halogens is 1. The second-order valence-corrected chi connectivity index (χ2v) is 9.64. The summed E-state index contributed by atoms with van der Waals surface area (Å²) in [5.41, 5.74) is -2.35. The maximum atomic E-state index is 13.6. The molecule has 0 aliphatic rings. The summed E-state index contributed by atoms with van der Waals surface area (Å²) >= 11 is 0. The molecule has 3 amide bonds. The lowest BCUT2D eigenvalue weighted by molar-refractivity contribution is -0.384. The van der Waals surface area contributed by atoms with Gasteiger partial charge in [0.2, 0.25) is 0 Å². The van der Waals surface area contributed by atoms with Gasteiger partial charge in [-0.2, -0.15) is 0 Å². The van der Waals surface area contributed by atoms with E-state index >= 15 is 0 Å². The standard InChI is InChI=1S/C29H21FN6O9/c1-15-3-6-21(24(9-15)34(40)41)31-27(37)17-11-18(28(38)32-22-7-4-16(2)10-25(22)35(42)43)13-19(12-17)29(39)33-23-8-5-20(30)14-26(23)36(44)45/h3-14H,1-2H3,(H,31,37)(H,32,38)(H,33,39). The van der Waals surface area contributed by atoms with Gasteiger partial charge in [-0.1, -0.05) is 12.1 Å². The molecule has 45 heavy (non-hydrogen) atoms. The highest BCUT2D eigenvalue weighted by molar-refractivity contribution is 6.13. The number of nitro benzene ring substituents is 3. The van der Waals surface area contributed by atoms with Crippen molar-refractivity contribution in [3.63, 3.8) is 0 Å². The van der Waals surface area contributed by atoms with Gasteiger partial charge < -0.3 is 16.0 Å². The Morgan fingerprint density at radius 2 is 0.844 bits per heavy atom. The first kappa shape index (κ1) is 31.4. The maximum Gasteiger partial charge on any atom is 0.295 e. The predicted octanol–water partition coefficient (Wildman–Crippen LogP) is 5.92. The van der Waals surface area contributed by atoms with Gasteiger partial charge in [0, 0.05) is 28.8 Å². The van der Waals surface area contributed by atoms with Crippen LogP contribution in [0.4, 0.5) is 38.5 Å². The van der Waals surface area contributed by atoms with Crippen LogP contribution in [-0.4, -0.2) is 32.5 Å². The van der Waals surface area contributed by atoms with Crippen molar-refractivity contribution in [1.29, 1.82) is 0 Å². The fourth-order valence-electron chi connectivity index (χ4n) is 4.16. The van der Waals surface area contributed by atoms with Crippen molar-refractivity contribution in [3.8, 4) is 0 Å². The number of aryl methyl sites for hydroxylation is 2. The number of carbonyl (C=O) groups is 3. The zero-order chi connectivity index (χ0) is 33.0. The first-order valence-corrected chi connectivity index (χ1v) is 12.8. The summed E-state index contributed by atoms with van der Waals surface area (Å²) in [6.07, 6.45) is 0. The van der Waals surface area contributed by atoms with Crippen LogP contribution < -0.4 is 16.0 Å². The highest BCUT2D eigenvalue weighted by Gasteiger charge is 2.24. The third-order valence-electron chi connectivity index (χ3n) is 6.32. The van der Waals surface area contributed by atoms with Crippen LogP contribution in [0.5, 0.6) is 0 Å². The van der Waals surface area contributed by atoms with Crippen LogP contribution in [0.2, 0.25) is 0 Å². The Bertz CT molecular complexity index is 1700. The minimum atomic E-state index is -1.05. The van der Waals surface area contributed by atoms with E-state index in [1.807, 2.05) is 0 Å². The Morgan fingerprint density at radius 1 is 0.533 bits per heavy atom. The first-order valence-electron chi connectivity index (χ1n) is 12.8. The Balaban J connectivity index is 1.76. The molecule has 16 heteroatoms. The first-order chi connectivity index (χ1) is 21.2. The number of anilines is 3. The molecular weight excluding hydrogens is 595 g/mol. The predicted molar refractivity (Wildman–Crippen MR) is 159 cm³/mol. The molecule has 0 saturated heterocycles.